The van der Waals surface area contributed by atoms with E-state index in [-0.39, 0.29) is 21.1 Å². The Morgan fingerprint density at radius 3 is 2.71 bits per heavy atom. The first kappa shape index (κ1) is 32.8. The van der Waals surface area contributed by atoms with Crippen LogP contribution < -0.4 is 0 Å². The maximum Gasteiger partial charge on any atom is 0.210 e. The highest BCUT2D eigenvalue weighted by atomic mass is 32.2. The maximum atomic E-state index is 13.2. The van der Waals surface area contributed by atoms with E-state index in [0.717, 1.165) is 42.5 Å². The molecule has 0 unspecified atom stereocenters. The Bertz CT molecular complexity index is 1260. The normalized spacial score (nSPS) is 25.6. The molecule has 1 heterocycles. The molecule has 0 radical (unpaired) electrons. The van der Waals surface area contributed by atoms with Crippen LogP contribution >= 0.6 is 11.3 Å². The third kappa shape index (κ3) is 8.53. The van der Waals surface area contributed by atoms with E-state index in [9.17, 15) is 8.42 Å². The van der Waals surface area contributed by atoms with Crippen molar-refractivity contribution in [1.29, 1.82) is 0 Å². The van der Waals surface area contributed by atoms with Crippen molar-refractivity contribution in [1.82, 2.24) is 4.98 Å². The number of para-hydroxylation sites is 1. The largest absolute Gasteiger partial charge is 0.356 e. The fourth-order valence-corrected chi connectivity index (χ4v) is 10.5. The molecule has 0 aliphatic heterocycles. The summed E-state index contributed by atoms with van der Waals surface area (Å²) in [5.41, 5.74) is 2.24. The number of fused-ring (bicyclic) bond motifs is 2. The van der Waals surface area contributed by atoms with E-state index in [0.29, 0.717) is 24.5 Å². The Kier molecular flexibility index (Phi) is 10.6. The molecule has 41 heavy (non-hydrogen) atoms. The number of rotatable bonds is 14. The van der Waals surface area contributed by atoms with Gasteiger partial charge in [0.15, 0.2) is 0 Å². The molecule has 8 heteroatoms. The van der Waals surface area contributed by atoms with Crippen LogP contribution in [-0.4, -0.2) is 46.2 Å². The predicted octanol–water partition coefficient (Wildman–Crippen LogP) is 9.13. The van der Waals surface area contributed by atoms with Gasteiger partial charge in [-0.1, -0.05) is 70.1 Å². The molecular weight excluding hydrogens is 567 g/mol. The van der Waals surface area contributed by atoms with E-state index >= 15 is 0 Å². The minimum absolute atomic E-state index is 0.0614. The van der Waals surface area contributed by atoms with E-state index in [1.807, 2.05) is 24.3 Å². The van der Waals surface area contributed by atoms with Gasteiger partial charge in [0.25, 0.3) is 0 Å². The highest BCUT2D eigenvalue weighted by molar-refractivity contribution is 7.93. The Labute approximate surface area is 254 Å². The lowest BCUT2D eigenvalue weighted by Crippen LogP contribution is -2.36. The smallest absolute Gasteiger partial charge is 0.210 e. The summed E-state index contributed by atoms with van der Waals surface area (Å²) in [5, 5.41) is 0. The number of allylic oxidation sites excluding steroid dienone is 1. The quantitative estimate of drug-likeness (QED) is 0.0913. The molecule has 0 amide bonds. The van der Waals surface area contributed by atoms with Crippen LogP contribution in [0, 0.1) is 23.2 Å². The molecule has 0 bridgehead atoms. The zero-order valence-corrected chi connectivity index (χ0v) is 29.1. The van der Waals surface area contributed by atoms with Crippen molar-refractivity contribution < 1.29 is 17.9 Å². The standard InChI is InChI=1S/C33H53NO4S2Si/c1-25(12-10-19-32(2,3)38-24-37-21-23-41(5,6)7)27-16-17-28-26(13-11-20-33(27,28)4)18-22-40(35,36)31-34-29-14-8-9-15-30(29)39-31/h8-9,14-15,18,25,27-28H,10-13,16-17,19-24H2,1-7H3/b26-18+/t25-,27-,28+,33-/m1/s1. The number of aromatic nitrogens is 1. The molecule has 1 aromatic heterocycles. The van der Waals surface area contributed by atoms with Crippen LogP contribution in [0.4, 0.5) is 0 Å². The molecule has 4 atom stereocenters. The van der Waals surface area contributed by atoms with Crippen molar-refractivity contribution in [2.24, 2.45) is 23.2 Å². The number of thiazole rings is 1. The van der Waals surface area contributed by atoms with Gasteiger partial charge in [0.2, 0.25) is 14.2 Å². The summed E-state index contributed by atoms with van der Waals surface area (Å²) in [5.74, 6) is 1.90. The van der Waals surface area contributed by atoms with Crippen molar-refractivity contribution in [2.75, 3.05) is 19.2 Å². The zero-order chi connectivity index (χ0) is 29.9. The third-order valence-electron chi connectivity index (χ3n) is 9.80. The van der Waals surface area contributed by atoms with Gasteiger partial charge in [-0.2, -0.15) is 0 Å². The van der Waals surface area contributed by atoms with E-state index in [1.165, 1.54) is 48.6 Å². The number of hydrogen-bond donors (Lipinski definition) is 0. The maximum absolute atomic E-state index is 13.2. The van der Waals surface area contributed by atoms with Gasteiger partial charge in [-0.3, -0.25) is 0 Å². The van der Waals surface area contributed by atoms with E-state index < -0.39 is 17.9 Å². The summed E-state index contributed by atoms with van der Waals surface area (Å²) in [6.45, 7) is 17.6. The first-order chi connectivity index (χ1) is 19.2. The van der Waals surface area contributed by atoms with Crippen LogP contribution in [-0.2, 0) is 19.3 Å². The number of ether oxygens (including phenoxy) is 2. The zero-order valence-electron chi connectivity index (χ0n) is 26.5. The van der Waals surface area contributed by atoms with Crippen LogP contribution in [0.15, 0.2) is 40.3 Å². The summed E-state index contributed by atoms with van der Waals surface area (Å²) in [6, 6.07) is 8.83. The van der Waals surface area contributed by atoms with Gasteiger partial charge in [0.1, 0.15) is 6.79 Å². The summed E-state index contributed by atoms with van der Waals surface area (Å²) < 4.78 is 39.5. The van der Waals surface area contributed by atoms with Gasteiger partial charge in [-0.25, -0.2) is 13.4 Å². The average Bonchev–Trinajstić information content (AvgIpc) is 3.48. The molecule has 2 aromatic rings. The van der Waals surface area contributed by atoms with Crippen molar-refractivity contribution in [3.05, 3.63) is 35.9 Å². The van der Waals surface area contributed by atoms with Crippen LogP contribution in [0.3, 0.4) is 0 Å². The van der Waals surface area contributed by atoms with Crippen LogP contribution in [0.5, 0.6) is 0 Å². The first-order valence-corrected chi connectivity index (χ1v) is 21.9. The molecule has 230 valence electrons. The molecule has 0 saturated heterocycles. The predicted molar refractivity (Wildman–Crippen MR) is 175 cm³/mol. The third-order valence-corrected chi connectivity index (χ3v) is 14.6. The fraction of sp³-hybridized carbons (Fsp3) is 0.727. The number of sulfone groups is 1. The Balaban J connectivity index is 1.29. The molecule has 0 spiro atoms. The molecule has 1 aromatic carbocycles. The molecule has 5 nitrogen and oxygen atoms in total. The minimum atomic E-state index is -3.43. The average molecular weight is 620 g/mol. The SMILES string of the molecule is C[C@H](CCCC(C)(C)OCOCC[Si](C)(C)C)[C@H]1CC[C@H]2/C(=C/CS(=O)(=O)c3nc4ccccc4s3)CCC[C@]12C. The molecule has 4 rings (SSSR count). The lowest BCUT2D eigenvalue weighted by molar-refractivity contribution is -0.128. The minimum Gasteiger partial charge on any atom is -0.356 e. The van der Waals surface area contributed by atoms with E-state index in [4.69, 9.17) is 9.47 Å². The Morgan fingerprint density at radius 1 is 1.22 bits per heavy atom. The molecule has 2 aliphatic carbocycles. The van der Waals surface area contributed by atoms with Gasteiger partial charge >= 0.3 is 0 Å². The van der Waals surface area contributed by atoms with Gasteiger partial charge in [-0.15, -0.1) is 11.3 Å². The Morgan fingerprint density at radius 2 is 1.98 bits per heavy atom. The van der Waals surface area contributed by atoms with Crippen LogP contribution in [0.2, 0.25) is 25.7 Å². The van der Waals surface area contributed by atoms with Gasteiger partial charge in [-0.05, 0) is 93.7 Å². The first-order valence-electron chi connectivity index (χ1n) is 15.7. The van der Waals surface area contributed by atoms with Gasteiger partial charge < -0.3 is 9.47 Å². The van der Waals surface area contributed by atoms with Crippen LogP contribution in [0.25, 0.3) is 10.2 Å². The molecule has 0 N–H and O–H groups in total. The van der Waals surface area contributed by atoms with Crippen molar-refractivity contribution in [3.8, 4) is 0 Å². The Hall–Kier alpha value is -1.06. The molecule has 2 saturated carbocycles. The van der Waals surface area contributed by atoms with E-state index in [2.05, 4.69) is 58.4 Å². The summed E-state index contributed by atoms with van der Waals surface area (Å²) in [4.78, 5) is 4.43. The highest BCUT2D eigenvalue weighted by Crippen LogP contribution is 2.60. The monoisotopic (exact) mass is 619 g/mol. The molecule has 2 aliphatic rings. The second kappa shape index (κ2) is 13.3. The lowest BCUT2D eigenvalue weighted by Gasteiger charge is -2.44. The van der Waals surface area contributed by atoms with E-state index in [1.54, 1.807) is 0 Å². The van der Waals surface area contributed by atoms with Crippen LogP contribution in [0.1, 0.15) is 79.1 Å². The molecule has 2 fully saturated rings. The van der Waals surface area contributed by atoms with Crippen molar-refractivity contribution >= 4 is 39.5 Å². The number of nitrogens with zero attached hydrogens (tertiary/aromatic N) is 1. The fourth-order valence-electron chi connectivity index (χ4n) is 7.29. The number of benzene rings is 1. The van der Waals surface area contributed by atoms with Crippen molar-refractivity contribution in [3.63, 3.8) is 0 Å². The topological polar surface area (TPSA) is 65.5 Å². The molecular formula is C33H53NO4S2Si. The van der Waals surface area contributed by atoms with Gasteiger partial charge in [0, 0.05) is 14.7 Å². The van der Waals surface area contributed by atoms with Crippen molar-refractivity contribution in [2.45, 2.75) is 115 Å². The highest BCUT2D eigenvalue weighted by Gasteiger charge is 2.50. The summed E-state index contributed by atoms with van der Waals surface area (Å²) in [6.07, 6.45) is 11.3. The number of hydrogen-bond acceptors (Lipinski definition) is 6. The second-order valence-electron chi connectivity index (χ2n) is 14.7. The lowest BCUT2D eigenvalue weighted by atomic mass is 9.61. The van der Waals surface area contributed by atoms with Gasteiger partial charge in [0.05, 0.1) is 21.6 Å². The summed E-state index contributed by atoms with van der Waals surface area (Å²) in [7, 11) is -4.50. The second-order valence-corrected chi connectivity index (χ2v) is 23.6. The summed E-state index contributed by atoms with van der Waals surface area (Å²) >= 11 is 1.29.